The average Bonchev–Trinajstić information content (AvgIpc) is 3.24. The average molecular weight is 329 g/mol. The summed E-state index contributed by atoms with van der Waals surface area (Å²) in [5.74, 6) is 1.97. The molecule has 0 radical (unpaired) electrons. The molecule has 0 saturated carbocycles. The Kier molecular flexibility index (Phi) is 4.78. The Morgan fingerprint density at radius 1 is 1.38 bits per heavy atom. The Morgan fingerprint density at radius 3 is 2.75 bits per heavy atom. The van der Waals surface area contributed by atoms with Crippen molar-refractivity contribution in [2.24, 2.45) is 0 Å². The third kappa shape index (κ3) is 3.11. The summed E-state index contributed by atoms with van der Waals surface area (Å²) < 4.78 is 5.06. The van der Waals surface area contributed by atoms with Crippen molar-refractivity contribution in [1.29, 1.82) is 0 Å². The second-order valence-corrected chi connectivity index (χ2v) is 5.91. The van der Waals surface area contributed by atoms with E-state index in [-0.39, 0.29) is 11.9 Å². The van der Waals surface area contributed by atoms with E-state index in [4.69, 9.17) is 4.52 Å². The number of aromatic nitrogens is 3. The van der Waals surface area contributed by atoms with Crippen molar-refractivity contribution in [2.75, 3.05) is 24.5 Å². The molecule has 1 saturated heterocycles. The van der Waals surface area contributed by atoms with Crippen LogP contribution in [0.2, 0.25) is 0 Å². The molecule has 2 aromatic heterocycles. The van der Waals surface area contributed by atoms with Crippen LogP contribution < -0.4 is 4.90 Å². The number of nitrogens with zero attached hydrogens (tertiary/aromatic N) is 5. The van der Waals surface area contributed by atoms with Gasteiger partial charge in [-0.2, -0.15) is 4.98 Å². The van der Waals surface area contributed by atoms with E-state index in [9.17, 15) is 4.79 Å². The standard InChI is InChI=1S/C17H23N5O2/c1-4-21(5-2)15-9-8-13(11-18-15)17(23)22-10-6-7-14(22)16-19-12(3)24-20-16/h8-9,11,14H,4-7,10H2,1-3H3. The molecule has 0 aromatic carbocycles. The minimum atomic E-state index is -0.114. The summed E-state index contributed by atoms with van der Waals surface area (Å²) in [4.78, 5) is 25.5. The minimum absolute atomic E-state index is 0.0291. The monoisotopic (exact) mass is 329 g/mol. The Bertz CT molecular complexity index is 693. The zero-order valence-corrected chi connectivity index (χ0v) is 14.4. The smallest absolute Gasteiger partial charge is 0.256 e. The van der Waals surface area contributed by atoms with Crippen molar-refractivity contribution in [3.8, 4) is 0 Å². The van der Waals surface area contributed by atoms with Crippen LogP contribution >= 0.6 is 0 Å². The van der Waals surface area contributed by atoms with Crippen LogP contribution in [0.5, 0.6) is 0 Å². The minimum Gasteiger partial charge on any atom is -0.357 e. The van der Waals surface area contributed by atoms with Crippen LogP contribution in [-0.4, -0.2) is 45.6 Å². The van der Waals surface area contributed by atoms with E-state index in [1.165, 1.54) is 0 Å². The zero-order chi connectivity index (χ0) is 17.1. The number of amides is 1. The Hall–Kier alpha value is -2.44. The van der Waals surface area contributed by atoms with Gasteiger partial charge in [0.15, 0.2) is 5.82 Å². The lowest BCUT2D eigenvalue weighted by molar-refractivity contribution is 0.0728. The van der Waals surface area contributed by atoms with Gasteiger partial charge in [-0.3, -0.25) is 4.79 Å². The van der Waals surface area contributed by atoms with Gasteiger partial charge in [-0.1, -0.05) is 5.16 Å². The van der Waals surface area contributed by atoms with Crippen LogP contribution in [0.1, 0.15) is 54.8 Å². The second-order valence-electron chi connectivity index (χ2n) is 5.91. The molecule has 24 heavy (non-hydrogen) atoms. The summed E-state index contributed by atoms with van der Waals surface area (Å²) >= 11 is 0. The first-order chi connectivity index (χ1) is 11.6. The molecule has 1 fully saturated rings. The van der Waals surface area contributed by atoms with Crippen molar-refractivity contribution in [3.05, 3.63) is 35.6 Å². The van der Waals surface area contributed by atoms with Crippen molar-refractivity contribution < 1.29 is 9.32 Å². The third-order valence-corrected chi connectivity index (χ3v) is 4.44. The van der Waals surface area contributed by atoms with E-state index in [0.29, 0.717) is 23.8 Å². The van der Waals surface area contributed by atoms with Crippen molar-refractivity contribution in [1.82, 2.24) is 20.0 Å². The molecule has 1 atom stereocenters. The predicted molar refractivity (Wildman–Crippen MR) is 89.8 cm³/mol. The Labute approximate surface area is 141 Å². The fourth-order valence-corrected chi connectivity index (χ4v) is 3.14. The van der Waals surface area contributed by atoms with E-state index in [0.717, 1.165) is 31.7 Å². The number of carbonyl (C=O) groups excluding carboxylic acids is 1. The first-order valence-electron chi connectivity index (χ1n) is 8.46. The van der Waals surface area contributed by atoms with Gasteiger partial charge in [0.2, 0.25) is 5.89 Å². The normalized spacial score (nSPS) is 17.3. The van der Waals surface area contributed by atoms with Gasteiger partial charge >= 0.3 is 0 Å². The molecule has 0 N–H and O–H groups in total. The molecule has 3 heterocycles. The molecular weight excluding hydrogens is 306 g/mol. The van der Waals surface area contributed by atoms with Gasteiger partial charge in [-0.15, -0.1) is 0 Å². The van der Waals surface area contributed by atoms with Crippen LogP contribution in [0, 0.1) is 6.92 Å². The Morgan fingerprint density at radius 2 is 2.17 bits per heavy atom. The first kappa shape index (κ1) is 16.4. The highest BCUT2D eigenvalue weighted by molar-refractivity contribution is 5.94. The molecule has 128 valence electrons. The summed E-state index contributed by atoms with van der Waals surface area (Å²) in [6.45, 7) is 8.42. The lowest BCUT2D eigenvalue weighted by Gasteiger charge is -2.23. The molecule has 1 unspecified atom stereocenters. The van der Waals surface area contributed by atoms with Crippen LogP contribution in [0.25, 0.3) is 0 Å². The van der Waals surface area contributed by atoms with E-state index >= 15 is 0 Å². The van der Waals surface area contributed by atoms with Crippen LogP contribution in [0.15, 0.2) is 22.9 Å². The number of anilines is 1. The highest BCUT2D eigenvalue weighted by Crippen LogP contribution is 2.31. The number of likely N-dealkylation sites (tertiary alicyclic amines) is 1. The highest BCUT2D eigenvalue weighted by Gasteiger charge is 2.33. The SMILES string of the molecule is CCN(CC)c1ccc(C(=O)N2CCCC2c2noc(C)n2)cn1. The zero-order valence-electron chi connectivity index (χ0n) is 14.4. The van der Waals surface area contributed by atoms with Gasteiger partial charge in [0, 0.05) is 32.8 Å². The van der Waals surface area contributed by atoms with Gasteiger partial charge < -0.3 is 14.3 Å². The fourth-order valence-electron chi connectivity index (χ4n) is 3.14. The van der Waals surface area contributed by atoms with Crippen LogP contribution in [0.4, 0.5) is 5.82 Å². The summed E-state index contributed by atoms with van der Waals surface area (Å²) in [6, 6.07) is 3.64. The number of carbonyl (C=O) groups is 1. The molecule has 1 aliphatic heterocycles. The topological polar surface area (TPSA) is 75.4 Å². The molecule has 3 rings (SSSR count). The van der Waals surface area contributed by atoms with Crippen molar-refractivity contribution in [3.63, 3.8) is 0 Å². The molecule has 7 heteroatoms. The van der Waals surface area contributed by atoms with Crippen LogP contribution in [0.3, 0.4) is 0 Å². The summed E-state index contributed by atoms with van der Waals surface area (Å²) in [6.07, 6.45) is 3.46. The Balaban J connectivity index is 1.78. The van der Waals surface area contributed by atoms with Gasteiger partial charge in [0.1, 0.15) is 5.82 Å². The van der Waals surface area contributed by atoms with Gasteiger partial charge in [-0.05, 0) is 38.8 Å². The van der Waals surface area contributed by atoms with Gasteiger partial charge in [0.05, 0.1) is 11.6 Å². The summed E-state index contributed by atoms with van der Waals surface area (Å²) in [7, 11) is 0. The maximum absolute atomic E-state index is 12.8. The van der Waals surface area contributed by atoms with Gasteiger partial charge in [0.25, 0.3) is 5.91 Å². The maximum atomic E-state index is 12.8. The highest BCUT2D eigenvalue weighted by atomic mass is 16.5. The molecule has 1 aliphatic rings. The van der Waals surface area contributed by atoms with E-state index in [2.05, 4.69) is 33.9 Å². The molecule has 2 aromatic rings. The molecular formula is C17H23N5O2. The number of pyridine rings is 1. The lowest BCUT2D eigenvalue weighted by Crippen LogP contribution is -2.31. The number of hydrogen-bond donors (Lipinski definition) is 0. The lowest BCUT2D eigenvalue weighted by atomic mass is 10.2. The van der Waals surface area contributed by atoms with Crippen LogP contribution in [-0.2, 0) is 0 Å². The number of hydrogen-bond acceptors (Lipinski definition) is 6. The van der Waals surface area contributed by atoms with E-state index in [1.54, 1.807) is 13.1 Å². The van der Waals surface area contributed by atoms with E-state index in [1.807, 2.05) is 17.0 Å². The van der Waals surface area contributed by atoms with E-state index < -0.39 is 0 Å². The first-order valence-corrected chi connectivity index (χ1v) is 8.46. The van der Waals surface area contributed by atoms with Gasteiger partial charge in [-0.25, -0.2) is 4.98 Å². The summed E-state index contributed by atoms with van der Waals surface area (Å²) in [5, 5.41) is 3.98. The largest absolute Gasteiger partial charge is 0.357 e. The van der Waals surface area contributed by atoms with Crippen molar-refractivity contribution in [2.45, 2.75) is 39.7 Å². The maximum Gasteiger partial charge on any atom is 0.256 e. The molecule has 0 spiro atoms. The van der Waals surface area contributed by atoms with Crippen molar-refractivity contribution >= 4 is 11.7 Å². The second kappa shape index (κ2) is 6.98. The molecule has 0 aliphatic carbocycles. The number of aryl methyl sites for hydroxylation is 1. The number of rotatable bonds is 5. The fraction of sp³-hybridized carbons (Fsp3) is 0.529. The molecule has 1 amide bonds. The molecule has 0 bridgehead atoms. The predicted octanol–water partition coefficient (Wildman–Crippen LogP) is 2.60. The molecule has 7 nitrogen and oxygen atoms in total. The quantitative estimate of drug-likeness (QED) is 0.839. The summed E-state index contributed by atoms with van der Waals surface area (Å²) in [5.41, 5.74) is 0.595. The third-order valence-electron chi connectivity index (χ3n) is 4.44.